The van der Waals surface area contributed by atoms with Gasteiger partial charge in [0.15, 0.2) is 6.61 Å². The highest BCUT2D eigenvalue weighted by molar-refractivity contribution is 5.96. The highest BCUT2D eigenvalue weighted by atomic mass is 16.5. The summed E-state index contributed by atoms with van der Waals surface area (Å²) >= 11 is 0. The maximum absolute atomic E-state index is 12.8. The molecule has 0 radical (unpaired) electrons. The number of aromatic nitrogens is 4. The fourth-order valence-corrected chi connectivity index (χ4v) is 2.42. The molecule has 1 amide bonds. The molecule has 0 aliphatic heterocycles. The van der Waals surface area contributed by atoms with Crippen molar-refractivity contribution in [2.45, 2.75) is 20.1 Å². The Bertz CT molecular complexity index is 871. The smallest absolute Gasteiger partial charge is 0.257 e. The monoisotopic (exact) mass is 341 g/mol. The molecule has 3 rings (SSSR count). The van der Waals surface area contributed by atoms with Crippen LogP contribution in [0.15, 0.2) is 41.2 Å². The van der Waals surface area contributed by atoms with E-state index in [1.165, 1.54) is 0 Å². The van der Waals surface area contributed by atoms with Crippen molar-refractivity contribution < 1.29 is 14.1 Å². The van der Waals surface area contributed by atoms with Gasteiger partial charge in [0, 0.05) is 39.3 Å². The molecule has 8 nitrogen and oxygen atoms in total. The molecule has 3 aromatic rings. The minimum absolute atomic E-state index is 0.133. The van der Waals surface area contributed by atoms with Crippen molar-refractivity contribution in [3.05, 3.63) is 59.5 Å². The predicted molar refractivity (Wildman–Crippen MR) is 88.8 cm³/mol. The summed E-state index contributed by atoms with van der Waals surface area (Å²) in [6, 6.07) is 7.10. The second kappa shape index (κ2) is 7.16. The number of carbonyl (C=O) groups excluding carboxylic acids is 1. The van der Waals surface area contributed by atoms with E-state index in [1.54, 1.807) is 47.9 Å². The highest BCUT2D eigenvalue weighted by Gasteiger charge is 2.17. The lowest BCUT2D eigenvalue weighted by atomic mass is 10.1. The van der Waals surface area contributed by atoms with E-state index in [-0.39, 0.29) is 12.5 Å². The van der Waals surface area contributed by atoms with Crippen LogP contribution in [0.1, 0.15) is 27.6 Å². The Morgan fingerprint density at radius 3 is 2.84 bits per heavy atom. The number of ether oxygens (including phenoxy) is 1. The van der Waals surface area contributed by atoms with Gasteiger partial charge in [0.25, 0.3) is 5.91 Å². The van der Waals surface area contributed by atoms with Gasteiger partial charge in [0.05, 0.1) is 11.8 Å². The van der Waals surface area contributed by atoms with Crippen molar-refractivity contribution in [2.75, 3.05) is 7.05 Å². The summed E-state index contributed by atoms with van der Waals surface area (Å²) in [4.78, 5) is 18.5. The van der Waals surface area contributed by atoms with Crippen LogP contribution in [0.5, 0.6) is 5.75 Å². The molecule has 0 unspecified atom stereocenters. The maximum Gasteiger partial charge on any atom is 0.257 e. The number of hydrogen-bond acceptors (Lipinski definition) is 6. The van der Waals surface area contributed by atoms with Crippen LogP contribution in [0.3, 0.4) is 0 Å². The third-order valence-electron chi connectivity index (χ3n) is 3.57. The fraction of sp³-hybridized carbons (Fsp3) is 0.294. The second-order valence-corrected chi connectivity index (χ2v) is 5.70. The first-order chi connectivity index (χ1) is 12.0. The zero-order chi connectivity index (χ0) is 17.8. The topological polar surface area (TPSA) is 86.3 Å². The summed E-state index contributed by atoms with van der Waals surface area (Å²) in [6.45, 7) is 2.31. The van der Waals surface area contributed by atoms with E-state index >= 15 is 0 Å². The normalized spacial score (nSPS) is 10.7. The lowest BCUT2D eigenvalue weighted by Crippen LogP contribution is -2.26. The quantitative estimate of drug-likeness (QED) is 0.681. The highest BCUT2D eigenvalue weighted by Crippen LogP contribution is 2.21. The average Bonchev–Trinajstić information content (AvgIpc) is 3.20. The van der Waals surface area contributed by atoms with Gasteiger partial charge in [0.1, 0.15) is 5.75 Å². The van der Waals surface area contributed by atoms with Crippen molar-refractivity contribution in [2.24, 2.45) is 7.05 Å². The number of para-hydroxylation sites is 1. The van der Waals surface area contributed by atoms with Crippen molar-refractivity contribution in [3.63, 3.8) is 0 Å². The minimum Gasteiger partial charge on any atom is -0.485 e. The largest absolute Gasteiger partial charge is 0.485 e. The number of carbonyl (C=O) groups is 1. The van der Waals surface area contributed by atoms with E-state index in [2.05, 4.69) is 15.2 Å². The van der Waals surface area contributed by atoms with E-state index in [9.17, 15) is 4.79 Å². The first-order valence-corrected chi connectivity index (χ1v) is 7.77. The first-order valence-electron chi connectivity index (χ1n) is 7.77. The number of nitrogens with zero attached hydrogens (tertiary/aromatic N) is 5. The average molecular weight is 341 g/mol. The van der Waals surface area contributed by atoms with Gasteiger partial charge in [-0.3, -0.25) is 9.48 Å². The van der Waals surface area contributed by atoms with Gasteiger partial charge in [-0.1, -0.05) is 17.3 Å². The minimum atomic E-state index is -0.135. The molecule has 130 valence electrons. The molecule has 0 fully saturated rings. The molecule has 25 heavy (non-hydrogen) atoms. The summed E-state index contributed by atoms with van der Waals surface area (Å²) in [7, 11) is 3.59. The third-order valence-corrected chi connectivity index (χ3v) is 3.57. The van der Waals surface area contributed by atoms with Crippen molar-refractivity contribution in [3.8, 4) is 5.75 Å². The van der Waals surface area contributed by atoms with Crippen molar-refractivity contribution in [1.82, 2.24) is 24.8 Å². The first kappa shape index (κ1) is 16.7. The van der Waals surface area contributed by atoms with Gasteiger partial charge in [0.2, 0.25) is 11.7 Å². The predicted octanol–water partition coefficient (Wildman–Crippen LogP) is 1.96. The number of benzene rings is 1. The van der Waals surface area contributed by atoms with Gasteiger partial charge < -0.3 is 14.2 Å². The van der Waals surface area contributed by atoms with Crippen molar-refractivity contribution >= 4 is 5.91 Å². The molecule has 0 atom stereocenters. The molecule has 0 bridgehead atoms. The summed E-state index contributed by atoms with van der Waals surface area (Å²) in [5.41, 5.74) is 1.44. The summed E-state index contributed by atoms with van der Waals surface area (Å²) in [6.07, 6.45) is 3.62. The molecule has 0 N–H and O–H groups in total. The Kier molecular flexibility index (Phi) is 4.78. The molecule has 0 aliphatic carbocycles. The van der Waals surface area contributed by atoms with Crippen LogP contribution in [0.2, 0.25) is 0 Å². The molecule has 8 heteroatoms. The summed E-state index contributed by atoms with van der Waals surface area (Å²) < 4.78 is 12.3. The van der Waals surface area contributed by atoms with Gasteiger partial charge in [-0.05, 0) is 12.1 Å². The van der Waals surface area contributed by atoms with Crippen LogP contribution >= 0.6 is 0 Å². The zero-order valence-electron chi connectivity index (χ0n) is 14.3. The standard InChI is InChI=1S/C17H19N5O3/c1-12-19-16(20-25-12)11-24-15-7-5-4-6-14(15)17(23)21(2)9-13-8-18-22(3)10-13/h4-8,10H,9,11H2,1-3H3. The molecular weight excluding hydrogens is 322 g/mol. The number of rotatable bonds is 6. The molecule has 2 aromatic heterocycles. The Morgan fingerprint density at radius 2 is 2.16 bits per heavy atom. The van der Waals surface area contributed by atoms with E-state index < -0.39 is 0 Å². The van der Waals surface area contributed by atoms with E-state index in [0.717, 1.165) is 5.56 Å². The third kappa shape index (κ3) is 4.03. The Labute approximate surface area is 145 Å². The van der Waals surface area contributed by atoms with Crippen LogP contribution < -0.4 is 4.74 Å². The fourth-order valence-electron chi connectivity index (χ4n) is 2.42. The van der Waals surface area contributed by atoms with Gasteiger partial charge in [-0.15, -0.1) is 0 Å². The summed E-state index contributed by atoms with van der Waals surface area (Å²) in [5.74, 6) is 1.25. The number of hydrogen-bond donors (Lipinski definition) is 0. The Morgan fingerprint density at radius 1 is 1.36 bits per heavy atom. The lowest BCUT2D eigenvalue weighted by Gasteiger charge is -2.18. The van der Waals surface area contributed by atoms with Crippen LogP contribution in [0.4, 0.5) is 0 Å². The molecule has 1 aromatic carbocycles. The van der Waals surface area contributed by atoms with Crippen LogP contribution in [-0.4, -0.2) is 37.8 Å². The van der Waals surface area contributed by atoms with Gasteiger partial charge in [-0.2, -0.15) is 10.1 Å². The lowest BCUT2D eigenvalue weighted by molar-refractivity contribution is 0.0780. The number of aryl methyl sites for hydroxylation is 2. The van der Waals surface area contributed by atoms with Crippen LogP contribution in [-0.2, 0) is 20.2 Å². The van der Waals surface area contributed by atoms with Gasteiger partial charge >= 0.3 is 0 Å². The molecule has 0 aliphatic rings. The molecule has 2 heterocycles. The molecule has 0 spiro atoms. The second-order valence-electron chi connectivity index (χ2n) is 5.70. The van der Waals surface area contributed by atoms with E-state index in [0.29, 0.717) is 29.6 Å². The van der Waals surface area contributed by atoms with E-state index in [4.69, 9.17) is 9.26 Å². The van der Waals surface area contributed by atoms with Crippen molar-refractivity contribution in [1.29, 1.82) is 0 Å². The Balaban J connectivity index is 1.71. The SMILES string of the molecule is Cc1nc(COc2ccccc2C(=O)N(C)Cc2cnn(C)c2)no1. The van der Waals surface area contributed by atoms with Gasteiger partial charge in [-0.25, -0.2) is 0 Å². The Hall–Kier alpha value is -3.16. The maximum atomic E-state index is 12.8. The zero-order valence-corrected chi connectivity index (χ0v) is 14.3. The summed E-state index contributed by atoms with van der Waals surface area (Å²) in [5, 5.41) is 7.90. The molecule has 0 saturated heterocycles. The molecular formula is C17H19N5O3. The molecule has 0 saturated carbocycles. The van der Waals surface area contributed by atoms with Crippen LogP contribution in [0, 0.1) is 6.92 Å². The number of amides is 1. The van der Waals surface area contributed by atoms with E-state index in [1.807, 2.05) is 19.3 Å². The van der Waals surface area contributed by atoms with Crippen LogP contribution in [0.25, 0.3) is 0 Å².